The molecule has 128 valence electrons. The number of aliphatic hydroxyl groups is 3. The Balaban J connectivity index is 2.04. The van der Waals surface area contributed by atoms with E-state index in [2.05, 4.69) is 0 Å². The third kappa shape index (κ3) is 4.23. The highest BCUT2D eigenvalue weighted by atomic mass is 32.2. The average molecular weight is 344 g/mol. The van der Waals surface area contributed by atoms with Crippen LogP contribution in [-0.4, -0.2) is 70.0 Å². The Labute approximate surface area is 137 Å². The SMILES string of the molecule is CO[C@@H]1O[C@@H](CSC(C(=O)O)c2ccccc2)[C@H](O)[C@H](O)[C@@H]1O. The van der Waals surface area contributed by atoms with E-state index in [-0.39, 0.29) is 5.75 Å². The van der Waals surface area contributed by atoms with Crippen LogP contribution in [0.25, 0.3) is 0 Å². The zero-order valence-corrected chi connectivity index (χ0v) is 13.3. The van der Waals surface area contributed by atoms with E-state index in [0.29, 0.717) is 5.56 Å². The summed E-state index contributed by atoms with van der Waals surface area (Å²) < 4.78 is 10.3. The molecule has 1 heterocycles. The monoisotopic (exact) mass is 344 g/mol. The number of rotatable bonds is 6. The van der Waals surface area contributed by atoms with Gasteiger partial charge in [0.25, 0.3) is 0 Å². The third-order valence-electron chi connectivity index (χ3n) is 3.65. The van der Waals surface area contributed by atoms with Gasteiger partial charge in [-0.25, -0.2) is 0 Å². The zero-order chi connectivity index (χ0) is 17.0. The van der Waals surface area contributed by atoms with Gasteiger partial charge in [0.15, 0.2) is 6.29 Å². The van der Waals surface area contributed by atoms with Crippen LogP contribution in [0.15, 0.2) is 30.3 Å². The van der Waals surface area contributed by atoms with Gasteiger partial charge in [-0.15, -0.1) is 11.8 Å². The second kappa shape index (κ2) is 8.09. The smallest absolute Gasteiger partial charge is 0.321 e. The molecular weight excluding hydrogens is 324 g/mol. The van der Waals surface area contributed by atoms with Crippen LogP contribution in [0.2, 0.25) is 0 Å². The van der Waals surface area contributed by atoms with Crippen molar-refractivity contribution in [1.29, 1.82) is 0 Å². The minimum absolute atomic E-state index is 0.122. The molecule has 0 spiro atoms. The van der Waals surface area contributed by atoms with Gasteiger partial charge >= 0.3 is 5.97 Å². The van der Waals surface area contributed by atoms with Crippen molar-refractivity contribution in [3.63, 3.8) is 0 Å². The highest BCUT2D eigenvalue weighted by Gasteiger charge is 2.44. The lowest BCUT2D eigenvalue weighted by molar-refractivity contribution is -0.284. The van der Waals surface area contributed by atoms with E-state index in [0.717, 1.165) is 11.8 Å². The summed E-state index contributed by atoms with van der Waals surface area (Å²) in [7, 11) is 1.31. The molecular formula is C15H20O7S. The number of benzene rings is 1. The molecule has 0 aromatic heterocycles. The number of hydrogen-bond acceptors (Lipinski definition) is 7. The first-order valence-corrected chi connectivity index (χ1v) is 8.12. The van der Waals surface area contributed by atoms with Crippen molar-refractivity contribution in [3.05, 3.63) is 35.9 Å². The molecule has 1 aromatic carbocycles. The van der Waals surface area contributed by atoms with Crippen LogP contribution in [0.1, 0.15) is 10.8 Å². The van der Waals surface area contributed by atoms with Crippen LogP contribution < -0.4 is 0 Å². The molecule has 1 aromatic rings. The summed E-state index contributed by atoms with van der Waals surface area (Å²) in [6.45, 7) is 0. The van der Waals surface area contributed by atoms with E-state index in [9.17, 15) is 25.2 Å². The predicted molar refractivity (Wildman–Crippen MR) is 83.0 cm³/mol. The standard InChI is InChI=1S/C15H20O7S/c1-21-15-12(18)11(17)10(16)9(22-15)7-23-13(14(19)20)8-5-3-2-4-6-8/h2-6,9-13,15-18H,7H2,1H3,(H,19,20)/t9-,10-,11-,12-,13?,15+/m0/s1. The van der Waals surface area contributed by atoms with Gasteiger partial charge in [-0.3, -0.25) is 4.79 Å². The molecule has 0 amide bonds. The molecule has 1 aliphatic rings. The Morgan fingerprint density at radius 2 is 1.87 bits per heavy atom. The normalized spacial score (nSPS) is 32.4. The Bertz CT molecular complexity index is 510. The van der Waals surface area contributed by atoms with Gasteiger partial charge in [0.05, 0.1) is 6.10 Å². The lowest BCUT2D eigenvalue weighted by Crippen LogP contribution is -2.58. The number of hydrogen-bond donors (Lipinski definition) is 4. The number of methoxy groups -OCH3 is 1. The summed E-state index contributed by atoms with van der Waals surface area (Å²) in [6.07, 6.45) is -6.03. The Morgan fingerprint density at radius 3 is 2.43 bits per heavy atom. The fraction of sp³-hybridized carbons (Fsp3) is 0.533. The van der Waals surface area contributed by atoms with Crippen molar-refractivity contribution in [3.8, 4) is 0 Å². The first-order valence-electron chi connectivity index (χ1n) is 7.07. The summed E-state index contributed by atoms with van der Waals surface area (Å²) in [5, 5.41) is 38.1. The average Bonchev–Trinajstić information content (AvgIpc) is 2.55. The molecule has 0 saturated carbocycles. The van der Waals surface area contributed by atoms with Gasteiger partial charge in [-0.2, -0.15) is 0 Å². The highest BCUT2D eigenvalue weighted by molar-refractivity contribution is 8.00. The van der Waals surface area contributed by atoms with Gasteiger partial charge < -0.3 is 29.9 Å². The topological polar surface area (TPSA) is 116 Å². The van der Waals surface area contributed by atoms with Gasteiger partial charge in [0, 0.05) is 12.9 Å². The van der Waals surface area contributed by atoms with Gasteiger partial charge in [0.1, 0.15) is 23.6 Å². The van der Waals surface area contributed by atoms with Crippen molar-refractivity contribution in [1.82, 2.24) is 0 Å². The molecule has 1 unspecified atom stereocenters. The minimum Gasteiger partial charge on any atom is -0.480 e. The minimum atomic E-state index is -1.42. The largest absolute Gasteiger partial charge is 0.480 e. The van der Waals surface area contributed by atoms with Crippen LogP contribution in [0.3, 0.4) is 0 Å². The van der Waals surface area contributed by atoms with Gasteiger partial charge in [-0.1, -0.05) is 30.3 Å². The lowest BCUT2D eigenvalue weighted by Gasteiger charge is -2.39. The van der Waals surface area contributed by atoms with Crippen LogP contribution in [-0.2, 0) is 14.3 Å². The van der Waals surface area contributed by atoms with E-state index in [1.807, 2.05) is 0 Å². The zero-order valence-electron chi connectivity index (χ0n) is 12.5. The molecule has 7 nitrogen and oxygen atoms in total. The number of carbonyl (C=O) groups is 1. The molecule has 0 bridgehead atoms. The number of ether oxygens (including phenoxy) is 2. The molecule has 2 rings (SSSR count). The van der Waals surface area contributed by atoms with E-state index < -0.39 is 41.9 Å². The fourth-order valence-corrected chi connectivity index (χ4v) is 3.53. The van der Waals surface area contributed by atoms with Crippen LogP contribution in [0.5, 0.6) is 0 Å². The second-order valence-corrected chi connectivity index (χ2v) is 6.35. The summed E-state index contributed by atoms with van der Waals surface area (Å²) in [5.41, 5.74) is 0.624. The Kier molecular flexibility index (Phi) is 6.40. The van der Waals surface area contributed by atoms with Gasteiger partial charge in [-0.05, 0) is 5.56 Å². The van der Waals surface area contributed by atoms with E-state index in [4.69, 9.17) is 9.47 Å². The molecule has 1 fully saturated rings. The maximum absolute atomic E-state index is 11.5. The van der Waals surface area contributed by atoms with E-state index in [1.165, 1.54) is 7.11 Å². The quantitative estimate of drug-likeness (QED) is 0.570. The van der Waals surface area contributed by atoms with Crippen LogP contribution >= 0.6 is 11.8 Å². The number of carboxylic acid groups (broad SMARTS) is 1. The summed E-state index contributed by atoms with van der Waals surface area (Å²) >= 11 is 1.08. The Morgan fingerprint density at radius 1 is 1.22 bits per heavy atom. The van der Waals surface area contributed by atoms with Crippen molar-refractivity contribution in [2.24, 2.45) is 0 Å². The van der Waals surface area contributed by atoms with Crippen molar-refractivity contribution in [2.45, 2.75) is 36.0 Å². The van der Waals surface area contributed by atoms with Crippen LogP contribution in [0, 0.1) is 0 Å². The van der Waals surface area contributed by atoms with Gasteiger partial charge in [0.2, 0.25) is 0 Å². The maximum Gasteiger partial charge on any atom is 0.321 e. The number of aliphatic carboxylic acids is 1. The summed E-state index contributed by atoms with van der Waals surface area (Å²) in [5.74, 6) is -0.883. The molecule has 1 saturated heterocycles. The molecule has 1 aliphatic heterocycles. The predicted octanol–water partition coefficient (Wildman–Crippen LogP) is -0.000500. The lowest BCUT2D eigenvalue weighted by atomic mass is 10.00. The maximum atomic E-state index is 11.5. The second-order valence-electron chi connectivity index (χ2n) is 5.21. The summed E-state index contributed by atoms with van der Waals surface area (Å²) in [6, 6.07) is 8.71. The fourth-order valence-electron chi connectivity index (χ4n) is 2.38. The molecule has 0 radical (unpaired) electrons. The molecule has 6 atom stereocenters. The number of carboxylic acids is 1. The van der Waals surface area contributed by atoms with Crippen LogP contribution in [0.4, 0.5) is 0 Å². The van der Waals surface area contributed by atoms with Crippen molar-refractivity contribution < 1.29 is 34.7 Å². The van der Waals surface area contributed by atoms with Crippen molar-refractivity contribution >= 4 is 17.7 Å². The first-order chi connectivity index (χ1) is 11.0. The molecule has 23 heavy (non-hydrogen) atoms. The number of thioether (sulfide) groups is 1. The molecule has 0 aliphatic carbocycles. The van der Waals surface area contributed by atoms with E-state index in [1.54, 1.807) is 30.3 Å². The molecule has 8 heteroatoms. The third-order valence-corrected chi connectivity index (χ3v) is 4.98. The summed E-state index contributed by atoms with van der Waals surface area (Å²) in [4.78, 5) is 11.5. The van der Waals surface area contributed by atoms with Crippen molar-refractivity contribution in [2.75, 3.05) is 12.9 Å². The number of aliphatic hydroxyl groups excluding tert-OH is 3. The van der Waals surface area contributed by atoms with E-state index >= 15 is 0 Å². The molecule has 4 N–H and O–H groups in total. The Hall–Kier alpha value is -1.16. The highest BCUT2D eigenvalue weighted by Crippen LogP contribution is 2.32. The first kappa shape index (κ1) is 18.2.